The van der Waals surface area contributed by atoms with Crippen molar-refractivity contribution in [2.75, 3.05) is 26.3 Å². The first-order chi connectivity index (χ1) is 14.9. The average Bonchev–Trinajstić information content (AvgIpc) is 3.28. The number of allylic oxidation sites excluding steroid dienone is 1. The number of hydrogen-bond acceptors (Lipinski definition) is 5. The molecule has 0 N–H and O–H groups in total. The first kappa shape index (κ1) is 21.7. The zero-order valence-electron chi connectivity index (χ0n) is 16.5. The second kappa shape index (κ2) is 9.32. The first-order valence-electron chi connectivity index (χ1n) is 9.70. The van der Waals surface area contributed by atoms with E-state index in [9.17, 15) is 13.2 Å². The Hall–Kier alpha value is -2.52. The van der Waals surface area contributed by atoms with Crippen LogP contribution in [0.3, 0.4) is 0 Å². The average molecular weight is 502 g/mol. The molecule has 1 saturated heterocycles. The normalized spacial score (nSPS) is 15.4. The third-order valence-corrected chi connectivity index (χ3v) is 7.34. The van der Waals surface area contributed by atoms with Gasteiger partial charge in [-0.1, -0.05) is 15.9 Å². The Morgan fingerprint density at radius 2 is 1.61 bits per heavy atom. The summed E-state index contributed by atoms with van der Waals surface area (Å²) in [4.78, 5) is 12.5. The summed E-state index contributed by atoms with van der Waals surface area (Å²) in [5.74, 6) is 1.000. The number of ether oxygens (including phenoxy) is 1. The predicted octanol–water partition coefficient (Wildman–Crippen LogP) is 4.63. The van der Waals surface area contributed by atoms with Crippen molar-refractivity contribution in [2.24, 2.45) is 0 Å². The van der Waals surface area contributed by atoms with Crippen molar-refractivity contribution in [1.82, 2.24) is 4.31 Å². The third-order valence-electron chi connectivity index (χ3n) is 4.90. The molecule has 0 aliphatic carbocycles. The molecule has 2 heterocycles. The van der Waals surface area contributed by atoms with Crippen LogP contribution in [0.1, 0.15) is 16.1 Å². The molecule has 2 aromatic carbocycles. The fourth-order valence-corrected chi connectivity index (χ4v) is 4.87. The molecule has 0 atom stereocenters. The van der Waals surface area contributed by atoms with Crippen molar-refractivity contribution >= 4 is 37.8 Å². The van der Waals surface area contributed by atoms with E-state index in [1.165, 1.54) is 10.4 Å². The summed E-state index contributed by atoms with van der Waals surface area (Å²) in [6, 6.07) is 17.3. The molecule has 3 aromatic rings. The van der Waals surface area contributed by atoms with Crippen molar-refractivity contribution in [1.29, 1.82) is 0 Å². The molecular formula is C23H20BrNO5S. The summed E-state index contributed by atoms with van der Waals surface area (Å²) in [6.45, 7) is 1.53. The molecule has 0 amide bonds. The van der Waals surface area contributed by atoms with Gasteiger partial charge in [-0.3, -0.25) is 4.79 Å². The molecule has 1 fully saturated rings. The lowest BCUT2D eigenvalue weighted by atomic mass is 10.1. The number of carbonyl (C=O) groups is 1. The lowest BCUT2D eigenvalue weighted by molar-refractivity contribution is 0.0730. The molecule has 1 aromatic heterocycles. The molecule has 31 heavy (non-hydrogen) atoms. The van der Waals surface area contributed by atoms with Crippen LogP contribution in [0.15, 0.2) is 80.5 Å². The molecule has 1 aliphatic heterocycles. The van der Waals surface area contributed by atoms with Gasteiger partial charge in [-0.15, -0.1) is 0 Å². The molecule has 1 aliphatic rings. The van der Waals surface area contributed by atoms with Gasteiger partial charge in [0.15, 0.2) is 5.78 Å². The maximum atomic E-state index is 12.7. The summed E-state index contributed by atoms with van der Waals surface area (Å²) in [7, 11) is -3.53. The molecule has 0 radical (unpaired) electrons. The molecule has 0 saturated carbocycles. The van der Waals surface area contributed by atoms with Gasteiger partial charge in [0, 0.05) is 28.7 Å². The van der Waals surface area contributed by atoms with E-state index in [0.29, 0.717) is 43.4 Å². The number of benzene rings is 2. The van der Waals surface area contributed by atoms with E-state index in [2.05, 4.69) is 15.9 Å². The molecule has 4 rings (SSSR count). The van der Waals surface area contributed by atoms with E-state index < -0.39 is 10.0 Å². The Kier molecular flexibility index (Phi) is 6.52. The minimum absolute atomic E-state index is 0.122. The summed E-state index contributed by atoms with van der Waals surface area (Å²) in [5, 5.41) is 0. The first-order valence-corrected chi connectivity index (χ1v) is 11.9. The number of nitrogens with zero attached hydrogens (tertiary/aromatic N) is 1. The van der Waals surface area contributed by atoms with Gasteiger partial charge in [-0.05, 0) is 72.8 Å². The van der Waals surface area contributed by atoms with Crippen molar-refractivity contribution < 1.29 is 22.4 Å². The summed E-state index contributed by atoms with van der Waals surface area (Å²) >= 11 is 3.35. The maximum Gasteiger partial charge on any atom is 0.243 e. The minimum atomic E-state index is -3.53. The molecular weight excluding hydrogens is 482 g/mol. The second-order valence-electron chi connectivity index (χ2n) is 6.95. The lowest BCUT2D eigenvalue weighted by Crippen LogP contribution is -2.40. The maximum absolute atomic E-state index is 12.7. The van der Waals surface area contributed by atoms with Crippen molar-refractivity contribution in [3.63, 3.8) is 0 Å². The number of halogens is 1. The minimum Gasteiger partial charge on any atom is -0.457 e. The van der Waals surface area contributed by atoms with Gasteiger partial charge in [0.25, 0.3) is 0 Å². The lowest BCUT2D eigenvalue weighted by Gasteiger charge is -2.26. The highest BCUT2D eigenvalue weighted by Gasteiger charge is 2.26. The van der Waals surface area contributed by atoms with E-state index in [-0.39, 0.29) is 10.7 Å². The number of hydrogen-bond donors (Lipinski definition) is 0. The summed E-state index contributed by atoms with van der Waals surface area (Å²) in [5.41, 5.74) is 1.34. The quantitative estimate of drug-likeness (QED) is 0.363. The number of sulfonamides is 1. The van der Waals surface area contributed by atoms with Crippen LogP contribution in [0.25, 0.3) is 17.4 Å². The van der Waals surface area contributed by atoms with Crippen LogP contribution < -0.4 is 0 Å². The highest BCUT2D eigenvalue weighted by molar-refractivity contribution is 9.10. The SMILES string of the molecule is O=C(/C=C/c1ccc(-c2ccc(S(=O)(=O)N3CCOCC3)cc2)o1)c1ccc(Br)cc1. The monoisotopic (exact) mass is 501 g/mol. The Labute approximate surface area is 189 Å². The summed E-state index contributed by atoms with van der Waals surface area (Å²) < 4.78 is 38.8. The predicted molar refractivity (Wildman–Crippen MR) is 121 cm³/mol. The highest BCUT2D eigenvalue weighted by atomic mass is 79.9. The van der Waals surface area contributed by atoms with Crippen LogP contribution in [0.5, 0.6) is 0 Å². The number of carbonyl (C=O) groups excluding carboxylic acids is 1. The second-order valence-corrected chi connectivity index (χ2v) is 9.80. The standard InChI is InChI=1S/C23H20BrNO5S/c24-19-5-1-17(2-6-19)22(26)11-7-20-8-12-23(30-20)18-3-9-21(10-4-18)31(27,28)25-13-15-29-16-14-25/h1-12H,13-16H2/b11-7+. The van der Waals surface area contributed by atoms with Gasteiger partial charge >= 0.3 is 0 Å². The fraction of sp³-hybridized carbons (Fsp3) is 0.174. The highest BCUT2D eigenvalue weighted by Crippen LogP contribution is 2.26. The van der Waals surface area contributed by atoms with Crippen LogP contribution in [-0.4, -0.2) is 44.8 Å². The fourth-order valence-electron chi connectivity index (χ4n) is 3.19. The zero-order valence-corrected chi connectivity index (χ0v) is 18.9. The van der Waals surface area contributed by atoms with E-state index in [1.54, 1.807) is 54.6 Å². The van der Waals surface area contributed by atoms with Gasteiger partial charge in [-0.25, -0.2) is 8.42 Å². The number of furan rings is 1. The Balaban J connectivity index is 1.46. The smallest absolute Gasteiger partial charge is 0.243 e. The Morgan fingerprint density at radius 3 is 2.29 bits per heavy atom. The largest absolute Gasteiger partial charge is 0.457 e. The molecule has 160 valence electrons. The summed E-state index contributed by atoms with van der Waals surface area (Å²) in [6.07, 6.45) is 3.08. The zero-order chi connectivity index (χ0) is 21.8. The van der Waals surface area contributed by atoms with Crippen LogP contribution in [0, 0.1) is 0 Å². The van der Waals surface area contributed by atoms with Crippen molar-refractivity contribution in [3.8, 4) is 11.3 Å². The Morgan fingerprint density at radius 1 is 0.935 bits per heavy atom. The molecule has 0 bridgehead atoms. The number of morpholine rings is 1. The van der Waals surface area contributed by atoms with Crippen molar-refractivity contribution in [2.45, 2.75) is 4.90 Å². The van der Waals surface area contributed by atoms with E-state index >= 15 is 0 Å². The van der Waals surface area contributed by atoms with E-state index in [4.69, 9.17) is 9.15 Å². The van der Waals surface area contributed by atoms with E-state index in [0.717, 1.165) is 10.0 Å². The molecule has 6 nitrogen and oxygen atoms in total. The van der Waals surface area contributed by atoms with Crippen LogP contribution in [0.2, 0.25) is 0 Å². The Bertz CT molecular complexity index is 1190. The number of rotatable bonds is 6. The molecule has 0 unspecified atom stereocenters. The third kappa shape index (κ3) is 5.04. The number of ketones is 1. The van der Waals surface area contributed by atoms with E-state index in [1.807, 2.05) is 12.1 Å². The van der Waals surface area contributed by atoms with Crippen LogP contribution in [-0.2, 0) is 14.8 Å². The van der Waals surface area contributed by atoms with Gasteiger partial charge < -0.3 is 9.15 Å². The molecule has 8 heteroatoms. The molecule has 0 spiro atoms. The van der Waals surface area contributed by atoms with Crippen molar-refractivity contribution in [3.05, 3.63) is 82.5 Å². The van der Waals surface area contributed by atoms with Gasteiger partial charge in [-0.2, -0.15) is 4.31 Å². The topological polar surface area (TPSA) is 76.8 Å². The van der Waals surface area contributed by atoms with Gasteiger partial charge in [0.05, 0.1) is 18.1 Å². The van der Waals surface area contributed by atoms with Gasteiger partial charge in [0.2, 0.25) is 10.0 Å². The van der Waals surface area contributed by atoms with Gasteiger partial charge in [0.1, 0.15) is 11.5 Å². The van der Waals surface area contributed by atoms with Crippen LogP contribution >= 0.6 is 15.9 Å². The van der Waals surface area contributed by atoms with Crippen LogP contribution in [0.4, 0.5) is 0 Å².